The summed E-state index contributed by atoms with van der Waals surface area (Å²) in [5.41, 5.74) is 0. The smallest absolute Gasteiger partial charge is 0.308 e. The molecule has 2 bridgehead atoms. The van der Waals surface area contributed by atoms with E-state index in [-0.39, 0.29) is 24.4 Å². The third kappa shape index (κ3) is 2.23. The van der Waals surface area contributed by atoms with Crippen molar-refractivity contribution < 1.29 is 14.7 Å². The van der Waals surface area contributed by atoms with Crippen LogP contribution in [0.1, 0.15) is 32.1 Å². The zero-order chi connectivity index (χ0) is 12.7. The average molecular weight is 252 g/mol. The Labute approximate surface area is 106 Å². The van der Waals surface area contributed by atoms with E-state index in [0.29, 0.717) is 17.9 Å². The van der Waals surface area contributed by atoms with E-state index in [0.717, 1.165) is 32.1 Å². The maximum Gasteiger partial charge on any atom is 0.308 e. The molecule has 0 saturated heterocycles. The second-order valence-corrected chi connectivity index (χ2v) is 5.95. The molecular formula is C13H20N2O3. The maximum atomic E-state index is 11.6. The first-order chi connectivity index (χ1) is 8.65. The highest BCUT2D eigenvalue weighted by molar-refractivity contribution is 5.79. The number of rotatable bonds is 5. The lowest BCUT2D eigenvalue weighted by atomic mass is 9.84. The van der Waals surface area contributed by atoms with E-state index in [1.165, 1.54) is 0 Å². The lowest BCUT2D eigenvalue weighted by Gasteiger charge is -2.28. The third-order valence-electron chi connectivity index (χ3n) is 4.64. The monoisotopic (exact) mass is 252 g/mol. The van der Waals surface area contributed by atoms with E-state index in [1.54, 1.807) is 0 Å². The van der Waals surface area contributed by atoms with E-state index in [4.69, 9.17) is 0 Å². The van der Waals surface area contributed by atoms with Crippen LogP contribution in [0.15, 0.2) is 0 Å². The van der Waals surface area contributed by atoms with Crippen LogP contribution in [0.4, 0.5) is 0 Å². The van der Waals surface area contributed by atoms with Crippen molar-refractivity contribution in [1.29, 1.82) is 0 Å². The van der Waals surface area contributed by atoms with Crippen LogP contribution in [0.3, 0.4) is 0 Å². The first-order valence-corrected chi connectivity index (χ1v) is 6.90. The summed E-state index contributed by atoms with van der Waals surface area (Å²) in [6, 6.07) is 0.362. The minimum absolute atomic E-state index is 0.00409. The molecule has 0 aromatic rings. The van der Waals surface area contributed by atoms with E-state index in [2.05, 4.69) is 10.6 Å². The summed E-state index contributed by atoms with van der Waals surface area (Å²) in [6.07, 6.45) is 5.32. The second-order valence-electron chi connectivity index (χ2n) is 5.95. The van der Waals surface area contributed by atoms with E-state index >= 15 is 0 Å². The van der Waals surface area contributed by atoms with Gasteiger partial charge in [0.2, 0.25) is 5.91 Å². The lowest BCUT2D eigenvalue weighted by molar-refractivity contribution is -0.144. The largest absolute Gasteiger partial charge is 0.481 e. The van der Waals surface area contributed by atoms with Gasteiger partial charge in [-0.3, -0.25) is 9.59 Å². The maximum absolute atomic E-state index is 11.6. The summed E-state index contributed by atoms with van der Waals surface area (Å²) in [6.45, 7) is 0.258. The molecule has 1 amide bonds. The third-order valence-corrected chi connectivity index (χ3v) is 4.64. The van der Waals surface area contributed by atoms with Gasteiger partial charge in [0, 0.05) is 12.1 Å². The number of carboxylic acid groups (broad SMARTS) is 1. The van der Waals surface area contributed by atoms with Crippen LogP contribution >= 0.6 is 0 Å². The van der Waals surface area contributed by atoms with Gasteiger partial charge in [0.1, 0.15) is 0 Å². The van der Waals surface area contributed by atoms with Gasteiger partial charge in [-0.2, -0.15) is 0 Å². The highest BCUT2D eigenvalue weighted by Crippen LogP contribution is 2.48. The molecule has 0 heterocycles. The standard InChI is InChI=1S/C13H20N2O3/c16-10(15-9-3-4-9)6-14-12-8-2-1-7(5-8)11(12)13(17)18/h7-9,11-12,14H,1-6H2,(H,15,16)(H,17,18). The fourth-order valence-electron chi connectivity index (χ4n) is 3.66. The van der Waals surface area contributed by atoms with Gasteiger partial charge in [0.15, 0.2) is 0 Å². The average Bonchev–Trinajstić information content (AvgIpc) is 2.91. The molecule has 3 N–H and O–H groups in total. The number of hydrogen-bond donors (Lipinski definition) is 3. The molecule has 5 heteroatoms. The van der Waals surface area contributed by atoms with Crippen LogP contribution in [0.25, 0.3) is 0 Å². The first kappa shape index (κ1) is 12.0. The van der Waals surface area contributed by atoms with Crippen LogP contribution in [0, 0.1) is 17.8 Å². The first-order valence-electron chi connectivity index (χ1n) is 6.90. The van der Waals surface area contributed by atoms with Crippen molar-refractivity contribution in [1.82, 2.24) is 10.6 Å². The summed E-state index contributed by atoms with van der Waals surface area (Å²) >= 11 is 0. The Hall–Kier alpha value is -1.10. The number of aliphatic carboxylic acids is 1. The van der Waals surface area contributed by atoms with E-state index in [1.807, 2.05) is 0 Å². The molecule has 3 aliphatic rings. The normalized spacial score (nSPS) is 37.8. The van der Waals surface area contributed by atoms with Crippen molar-refractivity contribution in [2.45, 2.75) is 44.2 Å². The molecule has 3 fully saturated rings. The van der Waals surface area contributed by atoms with Crippen LogP contribution < -0.4 is 10.6 Å². The Morgan fingerprint density at radius 3 is 2.50 bits per heavy atom. The van der Waals surface area contributed by atoms with Crippen molar-refractivity contribution in [3.63, 3.8) is 0 Å². The van der Waals surface area contributed by atoms with Gasteiger partial charge in [0.05, 0.1) is 12.5 Å². The predicted octanol–water partition coefficient (Wildman–Crippen LogP) is 0.354. The fourth-order valence-corrected chi connectivity index (χ4v) is 3.66. The van der Waals surface area contributed by atoms with Gasteiger partial charge in [-0.15, -0.1) is 0 Å². The Balaban J connectivity index is 1.54. The number of nitrogens with one attached hydrogen (secondary N) is 2. The Morgan fingerprint density at radius 1 is 1.11 bits per heavy atom. The summed E-state index contributed by atoms with van der Waals surface area (Å²) in [7, 11) is 0. The molecule has 4 unspecified atom stereocenters. The highest BCUT2D eigenvalue weighted by Gasteiger charge is 2.50. The number of carbonyl (C=O) groups is 2. The topological polar surface area (TPSA) is 78.4 Å². The molecule has 0 aromatic carbocycles. The quantitative estimate of drug-likeness (QED) is 0.660. The molecule has 18 heavy (non-hydrogen) atoms. The Kier molecular flexibility index (Phi) is 3.01. The highest BCUT2D eigenvalue weighted by atomic mass is 16.4. The fraction of sp³-hybridized carbons (Fsp3) is 0.846. The van der Waals surface area contributed by atoms with Crippen molar-refractivity contribution in [3.05, 3.63) is 0 Å². The lowest BCUT2D eigenvalue weighted by Crippen LogP contribution is -2.48. The zero-order valence-electron chi connectivity index (χ0n) is 10.4. The Morgan fingerprint density at radius 2 is 1.83 bits per heavy atom. The molecule has 4 atom stereocenters. The molecule has 3 aliphatic carbocycles. The minimum atomic E-state index is -0.706. The number of hydrogen-bond acceptors (Lipinski definition) is 3. The molecular weight excluding hydrogens is 232 g/mol. The van der Waals surface area contributed by atoms with Crippen LogP contribution in [0.2, 0.25) is 0 Å². The van der Waals surface area contributed by atoms with Crippen LogP contribution in [0.5, 0.6) is 0 Å². The summed E-state index contributed by atoms with van der Waals surface area (Å²) < 4.78 is 0. The molecule has 3 saturated carbocycles. The zero-order valence-corrected chi connectivity index (χ0v) is 10.4. The number of amides is 1. The van der Waals surface area contributed by atoms with Crippen molar-refractivity contribution in [2.75, 3.05) is 6.54 Å². The van der Waals surface area contributed by atoms with Crippen LogP contribution in [-0.2, 0) is 9.59 Å². The van der Waals surface area contributed by atoms with Gasteiger partial charge in [-0.05, 0) is 43.9 Å². The minimum Gasteiger partial charge on any atom is -0.481 e. The van der Waals surface area contributed by atoms with Gasteiger partial charge < -0.3 is 15.7 Å². The van der Waals surface area contributed by atoms with Crippen molar-refractivity contribution in [2.24, 2.45) is 17.8 Å². The molecule has 0 aliphatic heterocycles. The molecule has 5 nitrogen and oxygen atoms in total. The van der Waals surface area contributed by atoms with Crippen LogP contribution in [-0.4, -0.2) is 35.6 Å². The van der Waals surface area contributed by atoms with Gasteiger partial charge in [-0.25, -0.2) is 0 Å². The summed E-state index contributed by atoms with van der Waals surface area (Å²) in [4.78, 5) is 22.9. The molecule has 3 rings (SSSR count). The van der Waals surface area contributed by atoms with Gasteiger partial charge >= 0.3 is 5.97 Å². The van der Waals surface area contributed by atoms with E-state index in [9.17, 15) is 14.7 Å². The van der Waals surface area contributed by atoms with Crippen molar-refractivity contribution in [3.8, 4) is 0 Å². The van der Waals surface area contributed by atoms with Gasteiger partial charge in [0.25, 0.3) is 0 Å². The molecule has 0 spiro atoms. The number of fused-ring (bicyclic) bond motifs is 2. The van der Waals surface area contributed by atoms with Crippen molar-refractivity contribution >= 4 is 11.9 Å². The van der Waals surface area contributed by atoms with E-state index < -0.39 is 5.97 Å². The Bertz CT molecular complexity index is 367. The summed E-state index contributed by atoms with van der Waals surface area (Å²) in [5.74, 6) is -0.231. The predicted molar refractivity (Wildman–Crippen MR) is 64.9 cm³/mol. The molecule has 0 aromatic heterocycles. The molecule has 0 radical (unpaired) electrons. The SMILES string of the molecule is O=C(CNC1C2CCC(C2)C1C(=O)O)NC1CC1. The van der Waals surface area contributed by atoms with Gasteiger partial charge in [-0.1, -0.05) is 0 Å². The summed E-state index contributed by atoms with van der Waals surface area (Å²) in [5, 5.41) is 15.4. The second kappa shape index (κ2) is 4.53. The number of carboxylic acids is 1. The molecule has 100 valence electrons. The number of carbonyl (C=O) groups excluding carboxylic acids is 1.